The Hall–Kier alpha value is -2.23. The molecule has 21 heavy (non-hydrogen) atoms. The molecule has 2 heterocycles. The third-order valence-electron chi connectivity index (χ3n) is 3.38. The lowest BCUT2D eigenvalue weighted by Gasteiger charge is -2.34. The molecule has 0 bridgehead atoms. The standard InChI is InChI=1S/C11H19N7O3/c1-11(2,3)17(10(20)21)5-7-14-15-16-18(7)4-6-8(12)9(19)13-6/h6,8H,4-5,12H2,1-3H3,(H,13,19)(H,20,21)/t6-,8+/m1/s1. The Bertz CT molecular complexity index is 550. The Morgan fingerprint density at radius 1 is 1.52 bits per heavy atom. The second-order valence-electron chi connectivity index (χ2n) is 5.96. The van der Waals surface area contributed by atoms with Crippen LogP contribution in [0.1, 0.15) is 26.6 Å². The molecule has 0 aliphatic carbocycles. The van der Waals surface area contributed by atoms with Crippen LogP contribution >= 0.6 is 0 Å². The first kappa shape index (κ1) is 15.2. The topological polar surface area (TPSA) is 139 Å². The van der Waals surface area contributed by atoms with E-state index < -0.39 is 17.7 Å². The van der Waals surface area contributed by atoms with Gasteiger partial charge in [0.2, 0.25) is 5.91 Å². The maximum atomic E-state index is 11.3. The van der Waals surface area contributed by atoms with Gasteiger partial charge in [-0.05, 0) is 31.2 Å². The molecule has 10 nitrogen and oxygen atoms in total. The van der Waals surface area contributed by atoms with Crippen LogP contribution in [-0.2, 0) is 17.9 Å². The minimum Gasteiger partial charge on any atom is -0.465 e. The third-order valence-corrected chi connectivity index (χ3v) is 3.38. The highest BCUT2D eigenvalue weighted by Crippen LogP contribution is 2.17. The normalized spacial score (nSPS) is 21.6. The smallest absolute Gasteiger partial charge is 0.408 e. The number of nitrogens with zero attached hydrogens (tertiary/aromatic N) is 5. The quantitative estimate of drug-likeness (QED) is 0.592. The molecule has 0 aromatic carbocycles. The number of aromatic nitrogens is 4. The van der Waals surface area contributed by atoms with E-state index in [4.69, 9.17) is 5.73 Å². The molecule has 116 valence electrons. The Labute approximate surface area is 121 Å². The zero-order chi connectivity index (χ0) is 15.8. The Kier molecular flexibility index (Phi) is 3.81. The molecule has 0 radical (unpaired) electrons. The van der Waals surface area contributed by atoms with Crippen LogP contribution in [0.5, 0.6) is 0 Å². The average molecular weight is 297 g/mol. The van der Waals surface area contributed by atoms with E-state index in [2.05, 4.69) is 20.8 Å². The number of nitrogens with one attached hydrogen (secondary N) is 1. The SMILES string of the molecule is CC(C)(C)N(Cc1nnnn1C[C@H]1NC(=O)[C@H]1N)C(=O)O. The zero-order valence-corrected chi connectivity index (χ0v) is 12.1. The van der Waals surface area contributed by atoms with Crippen LogP contribution in [0.3, 0.4) is 0 Å². The fraction of sp³-hybridized carbons (Fsp3) is 0.727. The van der Waals surface area contributed by atoms with Crippen LogP contribution in [-0.4, -0.2) is 59.8 Å². The van der Waals surface area contributed by atoms with E-state index in [1.54, 1.807) is 20.8 Å². The van der Waals surface area contributed by atoms with Gasteiger partial charge in [-0.3, -0.25) is 9.69 Å². The first-order valence-corrected chi connectivity index (χ1v) is 6.51. The first-order valence-electron chi connectivity index (χ1n) is 6.51. The molecule has 0 spiro atoms. The van der Waals surface area contributed by atoms with Crippen LogP contribution in [0, 0.1) is 0 Å². The molecule has 0 unspecified atom stereocenters. The van der Waals surface area contributed by atoms with Gasteiger partial charge in [0.1, 0.15) is 6.04 Å². The molecule has 2 atom stereocenters. The van der Waals surface area contributed by atoms with Gasteiger partial charge in [-0.1, -0.05) is 0 Å². The minimum atomic E-state index is -1.05. The monoisotopic (exact) mass is 297 g/mol. The predicted molar refractivity (Wildman–Crippen MR) is 71.0 cm³/mol. The van der Waals surface area contributed by atoms with Gasteiger partial charge < -0.3 is 16.2 Å². The van der Waals surface area contributed by atoms with E-state index in [1.165, 1.54) is 9.58 Å². The first-order chi connectivity index (χ1) is 9.70. The van der Waals surface area contributed by atoms with Crippen molar-refractivity contribution in [3.63, 3.8) is 0 Å². The van der Waals surface area contributed by atoms with Crippen LogP contribution in [0.2, 0.25) is 0 Å². The number of β-lactam (4-membered cyclic amide) rings is 1. The van der Waals surface area contributed by atoms with Crippen molar-refractivity contribution in [3.8, 4) is 0 Å². The molecule has 1 aromatic rings. The molecule has 2 amide bonds. The summed E-state index contributed by atoms with van der Waals surface area (Å²) < 4.78 is 1.46. The molecule has 1 aliphatic rings. The summed E-state index contributed by atoms with van der Waals surface area (Å²) in [4.78, 5) is 23.7. The predicted octanol–water partition coefficient (Wildman–Crippen LogP) is -1.22. The van der Waals surface area contributed by atoms with Gasteiger partial charge in [0, 0.05) is 5.54 Å². The van der Waals surface area contributed by atoms with E-state index >= 15 is 0 Å². The van der Waals surface area contributed by atoms with Gasteiger partial charge in [0.05, 0.1) is 19.1 Å². The molecule has 10 heteroatoms. The number of hydrogen-bond acceptors (Lipinski definition) is 6. The van der Waals surface area contributed by atoms with E-state index in [9.17, 15) is 14.7 Å². The highest BCUT2D eigenvalue weighted by atomic mass is 16.4. The molecular weight excluding hydrogens is 278 g/mol. The number of carbonyl (C=O) groups excluding carboxylic acids is 1. The number of carbonyl (C=O) groups is 2. The fourth-order valence-corrected chi connectivity index (χ4v) is 2.01. The van der Waals surface area contributed by atoms with Crippen molar-refractivity contribution in [1.29, 1.82) is 0 Å². The summed E-state index contributed by atoms with van der Waals surface area (Å²) in [5.41, 5.74) is 5.07. The van der Waals surface area contributed by atoms with Gasteiger partial charge in [-0.15, -0.1) is 5.10 Å². The Morgan fingerprint density at radius 3 is 2.67 bits per heavy atom. The van der Waals surface area contributed by atoms with Gasteiger partial charge in [0.15, 0.2) is 5.82 Å². The lowest BCUT2D eigenvalue weighted by molar-refractivity contribution is -0.130. The lowest BCUT2D eigenvalue weighted by Crippen LogP contribution is -2.68. The maximum absolute atomic E-state index is 11.3. The highest BCUT2D eigenvalue weighted by molar-refractivity contribution is 5.88. The van der Waals surface area contributed by atoms with E-state index in [-0.39, 0.29) is 18.5 Å². The van der Waals surface area contributed by atoms with Crippen molar-refractivity contribution < 1.29 is 14.7 Å². The van der Waals surface area contributed by atoms with Crippen molar-refractivity contribution in [2.24, 2.45) is 5.73 Å². The van der Waals surface area contributed by atoms with E-state index in [0.717, 1.165) is 0 Å². The van der Waals surface area contributed by atoms with Crippen molar-refractivity contribution in [3.05, 3.63) is 5.82 Å². The molecule has 2 rings (SSSR count). The summed E-state index contributed by atoms with van der Waals surface area (Å²) in [6.45, 7) is 5.74. The van der Waals surface area contributed by atoms with Crippen molar-refractivity contribution in [1.82, 2.24) is 30.4 Å². The minimum absolute atomic E-state index is 0.0573. The third kappa shape index (κ3) is 3.10. The van der Waals surface area contributed by atoms with Crippen molar-refractivity contribution in [2.75, 3.05) is 0 Å². The number of rotatable bonds is 4. The van der Waals surface area contributed by atoms with Crippen molar-refractivity contribution >= 4 is 12.0 Å². The molecule has 1 fully saturated rings. The summed E-state index contributed by atoms with van der Waals surface area (Å²) in [7, 11) is 0. The second-order valence-corrected chi connectivity index (χ2v) is 5.96. The fourth-order valence-electron chi connectivity index (χ4n) is 2.01. The number of nitrogens with two attached hydrogens (primary N) is 1. The van der Waals surface area contributed by atoms with Crippen LogP contribution < -0.4 is 11.1 Å². The second kappa shape index (κ2) is 5.28. The van der Waals surface area contributed by atoms with E-state index in [0.29, 0.717) is 12.4 Å². The van der Waals surface area contributed by atoms with Gasteiger partial charge in [-0.25, -0.2) is 9.48 Å². The molecule has 0 saturated carbocycles. The maximum Gasteiger partial charge on any atom is 0.408 e. The highest BCUT2D eigenvalue weighted by Gasteiger charge is 2.37. The molecular formula is C11H19N7O3. The van der Waals surface area contributed by atoms with Crippen LogP contribution in [0.4, 0.5) is 4.79 Å². The summed E-state index contributed by atoms with van der Waals surface area (Å²) in [6, 6.07) is -0.826. The average Bonchev–Trinajstić information content (AvgIpc) is 2.80. The van der Waals surface area contributed by atoms with Gasteiger partial charge >= 0.3 is 6.09 Å². The molecule has 1 aromatic heterocycles. The molecule has 4 N–H and O–H groups in total. The molecule has 1 saturated heterocycles. The summed E-state index contributed by atoms with van der Waals surface area (Å²) in [5, 5.41) is 23.2. The number of tetrazole rings is 1. The Balaban J connectivity index is 2.09. The van der Waals surface area contributed by atoms with Crippen molar-refractivity contribution in [2.45, 2.75) is 51.5 Å². The van der Waals surface area contributed by atoms with Crippen LogP contribution in [0.25, 0.3) is 0 Å². The van der Waals surface area contributed by atoms with E-state index in [1.807, 2.05) is 0 Å². The van der Waals surface area contributed by atoms with Gasteiger partial charge in [-0.2, -0.15) is 0 Å². The number of carboxylic acid groups (broad SMARTS) is 1. The summed E-state index contributed by atoms with van der Waals surface area (Å²) in [6.07, 6.45) is -1.05. The Morgan fingerprint density at radius 2 is 2.19 bits per heavy atom. The summed E-state index contributed by atoms with van der Waals surface area (Å²) in [5.74, 6) is 0.192. The van der Waals surface area contributed by atoms with Gasteiger partial charge in [0.25, 0.3) is 0 Å². The van der Waals surface area contributed by atoms with Crippen LogP contribution in [0.15, 0.2) is 0 Å². The molecule has 1 aliphatic heterocycles. The lowest BCUT2D eigenvalue weighted by atomic mass is 10.0. The number of hydrogen-bond donors (Lipinski definition) is 3. The number of amides is 2. The largest absolute Gasteiger partial charge is 0.465 e. The zero-order valence-electron chi connectivity index (χ0n) is 12.1. The summed E-state index contributed by atoms with van der Waals surface area (Å²) >= 11 is 0.